The largest absolute Gasteiger partial charge is 0.333 e. The molecule has 0 saturated carbocycles. The van der Waals surface area contributed by atoms with Gasteiger partial charge in [0.15, 0.2) is 0 Å². The van der Waals surface area contributed by atoms with E-state index in [1.807, 2.05) is 46.8 Å². The van der Waals surface area contributed by atoms with Gasteiger partial charge in [-0.05, 0) is 36.4 Å². The molecule has 0 radical (unpaired) electrons. The molecule has 0 saturated heterocycles. The molecule has 0 bridgehead atoms. The maximum absolute atomic E-state index is 12.7. The molecule has 0 aliphatic rings. The van der Waals surface area contributed by atoms with Crippen LogP contribution >= 0.6 is 22.7 Å². The van der Waals surface area contributed by atoms with Crippen LogP contribution in [0.3, 0.4) is 0 Å². The highest BCUT2D eigenvalue weighted by Gasteiger charge is 2.19. The van der Waals surface area contributed by atoms with Crippen LogP contribution in [0.1, 0.15) is 28.5 Å². The maximum Gasteiger partial charge on any atom is 0.273 e. The van der Waals surface area contributed by atoms with Gasteiger partial charge in [-0.1, -0.05) is 30.3 Å². The van der Waals surface area contributed by atoms with Crippen LogP contribution in [0.5, 0.6) is 0 Å². The number of rotatable bonds is 5. The average Bonchev–Trinajstić information content (AvgIpc) is 3.24. The van der Waals surface area contributed by atoms with E-state index >= 15 is 0 Å². The highest BCUT2D eigenvalue weighted by Crippen LogP contribution is 2.28. The Bertz CT molecular complexity index is 793. The average molecular weight is 342 g/mol. The van der Waals surface area contributed by atoms with Gasteiger partial charge in [0.25, 0.3) is 5.91 Å². The van der Waals surface area contributed by atoms with Crippen LogP contribution in [0.25, 0.3) is 9.88 Å². The zero-order chi connectivity index (χ0) is 16.2. The topological polar surface area (TPSA) is 33.2 Å². The smallest absolute Gasteiger partial charge is 0.273 e. The number of amides is 1. The van der Waals surface area contributed by atoms with Gasteiger partial charge in [-0.2, -0.15) is 0 Å². The second-order valence-electron chi connectivity index (χ2n) is 5.26. The molecule has 3 rings (SSSR count). The number of hydrogen-bond acceptors (Lipinski definition) is 4. The lowest BCUT2D eigenvalue weighted by molar-refractivity contribution is 0.0747. The van der Waals surface area contributed by atoms with Crippen molar-refractivity contribution in [3.63, 3.8) is 0 Å². The molecule has 2 aromatic heterocycles. The monoisotopic (exact) mass is 342 g/mol. The maximum atomic E-state index is 12.7. The van der Waals surface area contributed by atoms with E-state index in [0.29, 0.717) is 18.8 Å². The fourth-order valence-corrected chi connectivity index (χ4v) is 3.98. The van der Waals surface area contributed by atoms with Gasteiger partial charge in [-0.25, -0.2) is 4.98 Å². The van der Waals surface area contributed by atoms with Crippen molar-refractivity contribution in [2.75, 3.05) is 6.54 Å². The van der Waals surface area contributed by atoms with Crippen molar-refractivity contribution < 1.29 is 4.79 Å². The Morgan fingerprint density at radius 3 is 2.70 bits per heavy atom. The normalized spacial score (nSPS) is 10.7. The molecular weight excluding hydrogens is 324 g/mol. The first-order valence-electron chi connectivity index (χ1n) is 7.52. The number of hydrogen-bond donors (Lipinski definition) is 0. The third kappa shape index (κ3) is 3.51. The summed E-state index contributed by atoms with van der Waals surface area (Å²) in [5, 5.41) is 4.79. The standard InChI is InChI=1S/C18H18N2OS2/c1-3-20(11-14-8-5-4-7-13(14)2)18(21)15-12-23-17(19-15)16-9-6-10-22-16/h4-10,12H,3,11H2,1-2H3. The predicted octanol–water partition coefficient (Wildman–Crippen LogP) is 4.84. The Morgan fingerprint density at radius 1 is 1.17 bits per heavy atom. The van der Waals surface area contributed by atoms with E-state index in [2.05, 4.69) is 24.0 Å². The van der Waals surface area contributed by atoms with Gasteiger partial charge < -0.3 is 4.90 Å². The molecule has 0 N–H and O–H groups in total. The van der Waals surface area contributed by atoms with E-state index in [1.165, 1.54) is 22.5 Å². The summed E-state index contributed by atoms with van der Waals surface area (Å²) >= 11 is 3.17. The van der Waals surface area contributed by atoms with Gasteiger partial charge in [0, 0.05) is 18.5 Å². The highest BCUT2D eigenvalue weighted by atomic mass is 32.1. The molecule has 3 aromatic rings. The minimum atomic E-state index is -0.00481. The molecule has 0 aliphatic carbocycles. The number of aryl methyl sites for hydroxylation is 1. The SMILES string of the molecule is CCN(Cc1ccccc1C)C(=O)c1csc(-c2cccs2)n1. The van der Waals surface area contributed by atoms with Gasteiger partial charge in [0.05, 0.1) is 4.88 Å². The second-order valence-corrected chi connectivity index (χ2v) is 7.07. The van der Waals surface area contributed by atoms with Crippen molar-refractivity contribution in [1.82, 2.24) is 9.88 Å². The van der Waals surface area contributed by atoms with Gasteiger partial charge in [-0.15, -0.1) is 22.7 Å². The molecule has 118 valence electrons. The van der Waals surface area contributed by atoms with Crippen LogP contribution in [0.2, 0.25) is 0 Å². The summed E-state index contributed by atoms with van der Waals surface area (Å²) in [6.07, 6.45) is 0. The summed E-state index contributed by atoms with van der Waals surface area (Å²) in [5.74, 6) is -0.00481. The van der Waals surface area contributed by atoms with Gasteiger partial charge in [0.2, 0.25) is 0 Å². The molecule has 1 aromatic carbocycles. The van der Waals surface area contributed by atoms with Crippen molar-refractivity contribution in [3.8, 4) is 9.88 Å². The predicted molar refractivity (Wildman–Crippen MR) is 97.0 cm³/mol. The summed E-state index contributed by atoms with van der Waals surface area (Å²) < 4.78 is 0. The minimum absolute atomic E-state index is 0.00481. The van der Waals surface area contributed by atoms with Crippen LogP contribution in [0, 0.1) is 6.92 Å². The van der Waals surface area contributed by atoms with Crippen molar-refractivity contribution in [2.45, 2.75) is 20.4 Å². The van der Waals surface area contributed by atoms with Crippen molar-refractivity contribution in [1.29, 1.82) is 0 Å². The number of thiophene rings is 1. The van der Waals surface area contributed by atoms with Crippen LogP contribution < -0.4 is 0 Å². The number of carbonyl (C=O) groups is 1. The van der Waals surface area contributed by atoms with E-state index in [0.717, 1.165) is 9.88 Å². The van der Waals surface area contributed by atoms with Crippen LogP contribution in [-0.2, 0) is 6.54 Å². The first kappa shape index (κ1) is 15.9. The Kier molecular flexibility index (Phi) is 4.88. The van der Waals surface area contributed by atoms with E-state index in [-0.39, 0.29) is 5.91 Å². The molecule has 0 atom stereocenters. The van der Waals surface area contributed by atoms with E-state index in [9.17, 15) is 4.79 Å². The molecule has 3 nitrogen and oxygen atoms in total. The third-order valence-corrected chi connectivity index (χ3v) is 5.63. The Hall–Kier alpha value is -1.98. The highest BCUT2D eigenvalue weighted by molar-refractivity contribution is 7.20. The van der Waals surface area contributed by atoms with E-state index in [1.54, 1.807) is 11.3 Å². The van der Waals surface area contributed by atoms with Gasteiger partial charge in [-0.3, -0.25) is 4.79 Å². The van der Waals surface area contributed by atoms with Crippen LogP contribution in [0.15, 0.2) is 47.2 Å². The second kappa shape index (κ2) is 7.06. The molecule has 5 heteroatoms. The molecule has 23 heavy (non-hydrogen) atoms. The lowest BCUT2D eigenvalue weighted by Gasteiger charge is -2.21. The number of carbonyl (C=O) groups excluding carboxylic acids is 1. The minimum Gasteiger partial charge on any atom is -0.333 e. The third-order valence-electron chi connectivity index (χ3n) is 3.75. The molecule has 0 aliphatic heterocycles. The van der Waals surface area contributed by atoms with E-state index in [4.69, 9.17) is 0 Å². The summed E-state index contributed by atoms with van der Waals surface area (Å²) in [6.45, 7) is 5.36. The zero-order valence-corrected chi connectivity index (χ0v) is 14.8. The number of thiazole rings is 1. The van der Waals surface area contributed by atoms with E-state index < -0.39 is 0 Å². The molecule has 0 spiro atoms. The number of benzene rings is 1. The van der Waals surface area contributed by atoms with Gasteiger partial charge in [0.1, 0.15) is 10.7 Å². The molecule has 0 fully saturated rings. The Labute approximate surface area is 144 Å². The first-order chi connectivity index (χ1) is 11.2. The molecular formula is C18H18N2OS2. The Balaban J connectivity index is 1.79. The quantitative estimate of drug-likeness (QED) is 0.664. The fourth-order valence-electron chi connectivity index (χ4n) is 2.37. The summed E-state index contributed by atoms with van der Waals surface area (Å²) in [6, 6.07) is 12.2. The van der Waals surface area contributed by atoms with Crippen molar-refractivity contribution in [2.24, 2.45) is 0 Å². The number of nitrogens with zero attached hydrogens (tertiary/aromatic N) is 2. The number of aromatic nitrogens is 1. The summed E-state index contributed by atoms with van der Waals surface area (Å²) in [4.78, 5) is 20.2. The van der Waals surface area contributed by atoms with Crippen molar-refractivity contribution in [3.05, 3.63) is 64.0 Å². The zero-order valence-electron chi connectivity index (χ0n) is 13.2. The molecule has 0 unspecified atom stereocenters. The lowest BCUT2D eigenvalue weighted by atomic mass is 10.1. The molecule has 2 heterocycles. The van der Waals surface area contributed by atoms with Crippen LogP contribution in [-0.4, -0.2) is 22.3 Å². The summed E-state index contributed by atoms with van der Waals surface area (Å²) in [7, 11) is 0. The summed E-state index contributed by atoms with van der Waals surface area (Å²) in [5.41, 5.74) is 2.92. The first-order valence-corrected chi connectivity index (χ1v) is 9.28. The van der Waals surface area contributed by atoms with Gasteiger partial charge >= 0.3 is 0 Å². The van der Waals surface area contributed by atoms with Crippen molar-refractivity contribution >= 4 is 28.6 Å². The molecule has 1 amide bonds. The fraction of sp³-hybridized carbons (Fsp3) is 0.222. The Morgan fingerprint density at radius 2 is 2.00 bits per heavy atom. The van der Waals surface area contributed by atoms with Crippen LogP contribution in [0.4, 0.5) is 0 Å². The lowest BCUT2D eigenvalue weighted by Crippen LogP contribution is -2.30.